The number of sulfonamides is 1. The summed E-state index contributed by atoms with van der Waals surface area (Å²) in [6, 6.07) is 13.2. The molecule has 13 heteroatoms. The summed E-state index contributed by atoms with van der Waals surface area (Å²) in [6.45, 7) is 21.9. The molecule has 0 saturated carbocycles. The van der Waals surface area contributed by atoms with Crippen LogP contribution in [0, 0.1) is 25.2 Å². The van der Waals surface area contributed by atoms with E-state index in [2.05, 4.69) is 87.1 Å². The number of carboxylic acid groups (broad SMARTS) is 1. The van der Waals surface area contributed by atoms with Crippen LogP contribution in [0.3, 0.4) is 0 Å². The lowest BCUT2D eigenvalue weighted by Crippen LogP contribution is -2.38. The van der Waals surface area contributed by atoms with Gasteiger partial charge in [-0.05, 0) is 73.4 Å². The molecule has 0 aliphatic heterocycles. The zero-order chi connectivity index (χ0) is 40.5. The van der Waals surface area contributed by atoms with Crippen LogP contribution in [-0.4, -0.2) is 56.6 Å². The number of fused-ring (bicyclic) bond motifs is 1. The third kappa shape index (κ3) is 10.1. The van der Waals surface area contributed by atoms with Crippen LogP contribution in [0.25, 0.3) is 22.4 Å². The van der Waals surface area contributed by atoms with Crippen LogP contribution in [0.2, 0.25) is 0 Å². The summed E-state index contributed by atoms with van der Waals surface area (Å²) < 4.78 is 38.4. The number of aromatic nitrogens is 5. The smallest absolute Gasteiger partial charge is 0.335 e. The minimum absolute atomic E-state index is 0.0517. The number of nitrogens with zero attached hydrogens (tertiary/aromatic N) is 5. The Hall–Kier alpha value is -4.88. The molecule has 0 amide bonds. The van der Waals surface area contributed by atoms with Crippen LogP contribution in [0.4, 0.5) is 5.95 Å². The Morgan fingerprint density at radius 3 is 2.35 bits per heavy atom. The largest absolute Gasteiger partial charge is 0.478 e. The molecule has 3 N–H and O–H groups in total. The van der Waals surface area contributed by atoms with Gasteiger partial charge < -0.3 is 19.7 Å². The first-order valence-corrected chi connectivity index (χ1v) is 20.1. The molecule has 3 heterocycles. The maximum absolute atomic E-state index is 13.6. The molecule has 0 radical (unpaired) electrons. The Kier molecular flexibility index (Phi) is 12.1. The van der Waals surface area contributed by atoms with Gasteiger partial charge in [-0.3, -0.25) is 4.98 Å². The van der Waals surface area contributed by atoms with Gasteiger partial charge in [-0.2, -0.15) is 4.98 Å². The van der Waals surface area contributed by atoms with Gasteiger partial charge in [-0.1, -0.05) is 79.7 Å². The van der Waals surface area contributed by atoms with Gasteiger partial charge in [0.1, 0.15) is 12.1 Å². The number of benzene rings is 2. The standard InChI is InChI=1S/C42H55N7O5S/c1-25(2)18-28-15-12-14-26(3)35(28)36-27(4)38(47-40(46-36)48-55(52,53)32-17-13-16-29(19-32)39(50)51)54-24-30(21-41(5,6)7)43-22-31-23-44-33-20-34(42(8,9)10)49(11)37(33)45-31/h12-17,19-20,23,25,30,43H,18,21-22,24H2,1-11H3,(H,50,51)(H,46,47,48)/t30-/m1/s1. The summed E-state index contributed by atoms with van der Waals surface area (Å²) in [4.78, 5) is 30.5. The number of hydrogen-bond acceptors (Lipinski definition) is 9. The monoisotopic (exact) mass is 769 g/mol. The highest BCUT2D eigenvalue weighted by Crippen LogP contribution is 2.35. The SMILES string of the molecule is Cc1cccc(CC(C)C)c1-c1nc(NS(=O)(=O)c2cccc(C(=O)O)c2)nc(OC[C@@H](CC(C)(C)C)NCc2cnc3cc(C(C)(C)C)n(C)c3n2)c1C. The summed E-state index contributed by atoms with van der Waals surface area (Å²) in [7, 11) is -2.26. The third-order valence-electron chi connectivity index (χ3n) is 9.35. The van der Waals surface area contributed by atoms with Crippen molar-refractivity contribution in [2.75, 3.05) is 11.3 Å². The van der Waals surface area contributed by atoms with Crippen LogP contribution in [0.5, 0.6) is 5.88 Å². The number of ether oxygens (including phenoxy) is 1. The number of aromatic carboxylic acids is 1. The molecule has 0 fully saturated rings. The molecule has 294 valence electrons. The number of nitrogens with one attached hydrogen (secondary N) is 2. The first-order valence-electron chi connectivity index (χ1n) is 18.6. The fourth-order valence-electron chi connectivity index (χ4n) is 6.85. The number of carboxylic acids is 1. The van der Waals surface area contributed by atoms with Crippen LogP contribution in [0.1, 0.15) is 100 Å². The minimum Gasteiger partial charge on any atom is -0.478 e. The van der Waals surface area contributed by atoms with Crippen molar-refractivity contribution in [3.05, 3.63) is 88.4 Å². The van der Waals surface area contributed by atoms with Crippen molar-refractivity contribution in [1.29, 1.82) is 0 Å². The van der Waals surface area contributed by atoms with E-state index in [0.717, 1.165) is 58.2 Å². The van der Waals surface area contributed by atoms with Gasteiger partial charge in [-0.15, -0.1) is 0 Å². The van der Waals surface area contributed by atoms with Crippen LogP contribution in [0.15, 0.2) is 59.6 Å². The molecule has 12 nitrogen and oxygen atoms in total. The molecular formula is C42H55N7O5S. The van der Waals surface area contributed by atoms with E-state index in [1.807, 2.05) is 33.0 Å². The predicted molar refractivity (Wildman–Crippen MR) is 217 cm³/mol. The molecule has 0 spiro atoms. The summed E-state index contributed by atoms with van der Waals surface area (Å²) in [5.74, 6) is -0.827. The molecule has 0 aliphatic carbocycles. The van der Waals surface area contributed by atoms with Gasteiger partial charge in [0, 0.05) is 41.9 Å². The average molecular weight is 770 g/mol. The molecule has 2 aromatic carbocycles. The Morgan fingerprint density at radius 2 is 1.69 bits per heavy atom. The summed E-state index contributed by atoms with van der Waals surface area (Å²) >= 11 is 0. The van der Waals surface area contributed by atoms with Gasteiger partial charge in [0.2, 0.25) is 11.8 Å². The molecule has 0 aliphatic rings. The Bertz CT molecular complexity index is 2300. The Morgan fingerprint density at radius 1 is 0.982 bits per heavy atom. The fourth-order valence-corrected chi connectivity index (χ4v) is 7.84. The third-order valence-corrected chi connectivity index (χ3v) is 10.7. The fraction of sp³-hybridized carbons (Fsp3) is 0.452. The predicted octanol–water partition coefficient (Wildman–Crippen LogP) is 8.01. The number of rotatable bonds is 14. The van der Waals surface area contributed by atoms with E-state index in [0.29, 0.717) is 23.7 Å². The van der Waals surface area contributed by atoms with E-state index in [1.54, 1.807) is 6.20 Å². The summed E-state index contributed by atoms with van der Waals surface area (Å²) in [5, 5.41) is 13.1. The zero-order valence-corrected chi connectivity index (χ0v) is 34.7. The van der Waals surface area contributed by atoms with E-state index < -0.39 is 16.0 Å². The quantitative estimate of drug-likeness (QED) is 0.101. The number of carbonyl (C=O) groups is 1. The Labute approximate surface area is 325 Å². The van der Waals surface area contributed by atoms with E-state index >= 15 is 0 Å². The molecule has 0 bridgehead atoms. The molecular weight excluding hydrogens is 715 g/mol. The van der Waals surface area contributed by atoms with Crippen LogP contribution < -0.4 is 14.8 Å². The lowest BCUT2D eigenvalue weighted by molar-refractivity contribution is 0.0696. The molecule has 5 rings (SSSR count). The number of hydrogen-bond donors (Lipinski definition) is 3. The molecule has 0 unspecified atom stereocenters. The van der Waals surface area contributed by atoms with Crippen molar-refractivity contribution < 1.29 is 23.1 Å². The molecule has 3 aromatic heterocycles. The maximum atomic E-state index is 13.6. The highest BCUT2D eigenvalue weighted by molar-refractivity contribution is 7.92. The normalized spacial score (nSPS) is 13.0. The van der Waals surface area contributed by atoms with Crippen LogP contribution >= 0.6 is 0 Å². The first-order chi connectivity index (χ1) is 25.6. The summed E-state index contributed by atoms with van der Waals surface area (Å²) in [5.41, 5.74) is 7.54. The molecule has 0 saturated heterocycles. The van der Waals surface area contributed by atoms with Crippen molar-refractivity contribution in [2.45, 2.75) is 105 Å². The van der Waals surface area contributed by atoms with Crippen molar-refractivity contribution in [3.8, 4) is 17.1 Å². The maximum Gasteiger partial charge on any atom is 0.335 e. The highest BCUT2D eigenvalue weighted by Gasteiger charge is 2.26. The van der Waals surface area contributed by atoms with Gasteiger partial charge in [0.15, 0.2) is 5.65 Å². The number of anilines is 1. The van der Waals surface area contributed by atoms with E-state index in [1.165, 1.54) is 18.2 Å². The van der Waals surface area contributed by atoms with Gasteiger partial charge in [0.25, 0.3) is 10.0 Å². The second-order valence-electron chi connectivity index (χ2n) is 17.0. The average Bonchev–Trinajstić information content (AvgIpc) is 3.42. The van der Waals surface area contributed by atoms with Gasteiger partial charge >= 0.3 is 5.97 Å². The van der Waals surface area contributed by atoms with Gasteiger partial charge in [0.05, 0.1) is 28.0 Å². The second kappa shape index (κ2) is 16.1. The van der Waals surface area contributed by atoms with Crippen LogP contribution in [-0.2, 0) is 35.5 Å². The van der Waals surface area contributed by atoms with Gasteiger partial charge in [-0.25, -0.2) is 27.9 Å². The van der Waals surface area contributed by atoms with E-state index in [-0.39, 0.29) is 45.8 Å². The molecule has 55 heavy (non-hydrogen) atoms. The van der Waals surface area contributed by atoms with Crippen molar-refractivity contribution in [1.82, 2.24) is 29.8 Å². The van der Waals surface area contributed by atoms with Crippen molar-refractivity contribution >= 4 is 33.1 Å². The zero-order valence-electron chi connectivity index (χ0n) is 33.9. The topological polar surface area (TPSA) is 161 Å². The Balaban J connectivity index is 1.50. The lowest BCUT2D eigenvalue weighted by atomic mass is 9.88. The molecule has 1 atom stereocenters. The lowest BCUT2D eigenvalue weighted by Gasteiger charge is -2.27. The van der Waals surface area contributed by atoms with E-state index in [9.17, 15) is 18.3 Å². The molecule has 5 aromatic rings. The number of aryl methyl sites for hydroxylation is 2. The highest BCUT2D eigenvalue weighted by atomic mass is 32.2. The minimum atomic E-state index is -4.28. The second-order valence-corrected chi connectivity index (χ2v) is 18.7. The van der Waals surface area contributed by atoms with Crippen molar-refractivity contribution in [2.24, 2.45) is 18.4 Å². The summed E-state index contributed by atoms with van der Waals surface area (Å²) in [6.07, 6.45) is 3.35. The first kappa shape index (κ1) is 41.3. The van der Waals surface area contributed by atoms with E-state index in [4.69, 9.17) is 19.7 Å². The van der Waals surface area contributed by atoms with Crippen molar-refractivity contribution in [3.63, 3.8) is 0 Å².